The first-order chi connectivity index (χ1) is 20.6. The first-order valence-electron chi connectivity index (χ1n) is 16.2. The minimum absolute atomic E-state index is 0.153. The predicted molar refractivity (Wildman–Crippen MR) is 166 cm³/mol. The Bertz CT molecular complexity index is 807. The Morgan fingerprint density at radius 3 is 1.72 bits per heavy atom. The fourth-order valence-corrected chi connectivity index (χ4v) is 4.89. The number of carbonyl (C=O) groups is 3. The summed E-state index contributed by atoms with van der Waals surface area (Å²) in [6.45, 7) is 2.61. The van der Waals surface area contributed by atoms with Crippen molar-refractivity contribution >= 4 is 25.7 Å². The molecule has 0 saturated carbocycles. The molecule has 0 spiro atoms. The minimum atomic E-state index is -4.69. The number of aliphatic carboxylic acids is 1. The van der Waals surface area contributed by atoms with E-state index in [4.69, 9.17) is 24.8 Å². The van der Waals surface area contributed by atoms with Gasteiger partial charge in [-0.05, 0) is 38.5 Å². The molecule has 0 aromatic rings. The second-order valence-corrected chi connectivity index (χ2v) is 12.4. The van der Waals surface area contributed by atoms with Crippen molar-refractivity contribution in [2.24, 2.45) is 5.73 Å². The van der Waals surface area contributed by atoms with E-state index in [0.29, 0.717) is 12.8 Å². The van der Waals surface area contributed by atoms with Crippen LogP contribution in [-0.2, 0) is 37.5 Å². The van der Waals surface area contributed by atoms with Crippen LogP contribution in [0.25, 0.3) is 0 Å². The van der Waals surface area contributed by atoms with Crippen molar-refractivity contribution < 1.29 is 47.5 Å². The van der Waals surface area contributed by atoms with Crippen LogP contribution in [0.1, 0.15) is 136 Å². The maximum absolute atomic E-state index is 12.4. The number of esters is 2. The average molecular weight is 636 g/mol. The highest BCUT2D eigenvalue weighted by molar-refractivity contribution is 7.47. The molecule has 4 N–H and O–H groups in total. The molecule has 0 aliphatic rings. The van der Waals surface area contributed by atoms with Crippen LogP contribution in [0.5, 0.6) is 0 Å². The third kappa shape index (κ3) is 27.5. The number of carbonyl (C=O) groups excluding carboxylic acids is 2. The predicted octanol–water partition coefficient (Wildman–Crippen LogP) is 6.99. The fraction of sp³-hybridized carbons (Fsp3) is 0.839. The van der Waals surface area contributed by atoms with Crippen molar-refractivity contribution in [3.05, 3.63) is 12.2 Å². The molecule has 12 heteroatoms. The molecule has 3 unspecified atom stereocenters. The summed E-state index contributed by atoms with van der Waals surface area (Å²) in [7, 11) is -4.69. The number of unbranched alkanes of at least 4 members (excludes halogenated alkanes) is 14. The van der Waals surface area contributed by atoms with Crippen molar-refractivity contribution in [1.29, 1.82) is 0 Å². The van der Waals surface area contributed by atoms with E-state index in [0.717, 1.165) is 57.8 Å². The van der Waals surface area contributed by atoms with Crippen LogP contribution in [0.3, 0.4) is 0 Å². The Hall–Kier alpha value is -1.78. The van der Waals surface area contributed by atoms with Gasteiger partial charge in [-0.1, -0.05) is 96.6 Å². The van der Waals surface area contributed by atoms with Gasteiger partial charge in [0, 0.05) is 12.8 Å². The second kappa shape index (κ2) is 27.7. The number of phosphoric acid groups is 1. The van der Waals surface area contributed by atoms with Gasteiger partial charge >= 0.3 is 25.7 Å². The topological polar surface area (TPSA) is 172 Å². The molecule has 0 aliphatic heterocycles. The molecule has 0 heterocycles. The number of carboxylic acids is 1. The van der Waals surface area contributed by atoms with Crippen LogP contribution in [-0.4, -0.2) is 59.9 Å². The highest BCUT2D eigenvalue weighted by atomic mass is 31.2. The molecule has 0 saturated heterocycles. The monoisotopic (exact) mass is 635 g/mol. The maximum Gasteiger partial charge on any atom is 0.472 e. The highest BCUT2D eigenvalue weighted by Gasteiger charge is 2.28. The molecule has 0 amide bonds. The minimum Gasteiger partial charge on any atom is -0.480 e. The summed E-state index contributed by atoms with van der Waals surface area (Å²) in [6.07, 6.45) is 22.2. The lowest BCUT2D eigenvalue weighted by atomic mass is 10.1. The Morgan fingerprint density at radius 2 is 1.16 bits per heavy atom. The molecule has 252 valence electrons. The number of hydrogen-bond acceptors (Lipinski definition) is 9. The smallest absolute Gasteiger partial charge is 0.472 e. The van der Waals surface area contributed by atoms with Crippen molar-refractivity contribution in [2.75, 3.05) is 19.8 Å². The molecular formula is C31H58NO10P. The van der Waals surface area contributed by atoms with Gasteiger partial charge in [-0.25, -0.2) is 4.57 Å². The Labute approximate surface area is 258 Å². The molecule has 0 bridgehead atoms. The molecule has 43 heavy (non-hydrogen) atoms. The van der Waals surface area contributed by atoms with Crippen LogP contribution in [0.15, 0.2) is 12.2 Å². The maximum atomic E-state index is 12.4. The molecule has 0 rings (SSSR count). The van der Waals surface area contributed by atoms with Crippen LogP contribution < -0.4 is 5.73 Å². The molecule has 0 radical (unpaired) electrons. The van der Waals surface area contributed by atoms with Crippen molar-refractivity contribution in [1.82, 2.24) is 0 Å². The summed E-state index contributed by atoms with van der Waals surface area (Å²) in [5.74, 6) is -2.41. The number of phosphoric ester groups is 1. The van der Waals surface area contributed by atoms with Gasteiger partial charge in [-0.2, -0.15) is 0 Å². The van der Waals surface area contributed by atoms with Gasteiger partial charge in [0.2, 0.25) is 0 Å². The quantitative estimate of drug-likeness (QED) is 0.0321. The van der Waals surface area contributed by atoms with Gasteiger partial charge in [-0.15, -0.1) is 0 Å². The zero-order chi connectivity index (χ0) is 32.2. The molecule has 0 fully saturated rings. The van der Waals surface area contributed by atoms with Crippen LogP contribution in [0.2, 0.25) is 0 Å². The molecule has 0 aromatic carbocycles. The number of carboxylic acid groups (broad SMARTS) is 1. The first-order valence-corrected chi connectivity index (χ1v) is 17.7. The van der Waals surface area contributed by atoms with E-state index in [1.54, 1.807) is 0 Å². The fourth-order valence-electron chi connectivity index (χ4n) is 4.12. The zero-order valence-corrected chi connectivity index (χ0v) is 27.4. The molecule has 3 atom stereocenters. The average Bonchev–Trinajstić information content (AvgIpc) is 2.97. The number of ether oxygens (including phenoxy) is 2. The van der Waals surface area contributed by atoms with Gasteiger partial charge in [0.25, 0.3) is 0 Å². The summed E-state index contributed by atoms with van der Waals surface area (Å²) < 4.78 is 32.1. The van der Waals surface area contributed by atoms with Gasteiger partial charge in [-0.3, -0.25) is 23.4 Å². The van der Waals surface area contributed by atoms with Crippen LogP contribution in [0.4, 0.5) is 0 Å². The van der Waals surface area contributed by atoms with E-state index in [2.05, 4.69) is 30.5 Å². The summed E-state index contributed by atoms with van der Waals surface area (Å²) in [4.78, 5) is 45.1. The van der Waals surface area contributed by atoms with E-state index in [-0.39, 0.29) is 19.4 Å². The van der Waals surface area contributed by atoms with E-state index in [9.17, 15) is 23.8 Å². The number of hydrogen-bond donors (Lipinski definition) is 3. The largest absolute Gasteiger partial charge is 0.480 e. The highest BCUT2D eigenvalue weighted by Crippen LogP contribution is 2.43. The summed E-state index contributed by atoms with van der Waals surface area (Å²) >= 11 is 0. The van der Waals surface area contributed by atoms with Gasteiger partial charge < -0.3 is 25.2 Å². The third-order valence-corrected chi connectivity index (χ3v) is 7.71. The van der Waals surface area contributed by atoms with E-state index in [1.807, 2.05) is 0 Å². The van der Waals surface area contributed by atoms with Gasteiger partial charge in [0.05, 0.1) is 13.2 Å². The summed E-state index contributed by atoms with van der Waals surface area (Å²) in [6, 6.07) is -1.52. The lowest BCUT2D eigenvalue weighted by Crippen LogP contribution is -2.34. The normalized spacial score (nSPS) is 14.3. The SMILES string of the molecule is CCCCCCCC/C=C\CCCCCCCC(=O)OC(COC(=O)CCCCCC)COP(=O)(O)OCC(N)C(=O)O. The number of rotatable bonds is 30. The number of allylic oxidation sites excluding steroid dienone is 2. The zero-order valence-electron chi connectivity index (χ0n) is 26.6. The molecular weight excluding hydrogens is 577 g/mol. The second-order valence-electron chi connectivity index (χ2n) is 10.9. The van der Waals surface area contributed by atoms with Crippen molar-refractivity contribution in [3.8, 4) is 0 Å². The Morgan fingerprint density at radius 1 is 0.698 bits per heavy atom. The van der Waals surface area contributed by atoms with Crippen molar-refractivity contribution in [3.63, 3.8) is 0 Å². The summed E-state index contributed by atoms with van der Waals surface area (Å²) in [5, 5.41) is 8.79. The van der Waals surface area contributed by atoms with E-state index in [1.165, 1.54) is 38.5 Å². The Kier molecular flexibility index (Phi) is 26.6. The standard InChI is InChI=1S/C31H58NO10P/c1-3-5-7-9-10-11-12-13-14-15-16-17-18-19-21-23-30(34)42-27(24-39-29(33)22-20-8-6-4-2)25-40-43(37,38)41-26-28(32)31(35)36/h13-14,27-28H,3-12,15-26,32H2,1-2H3,(H,35,36)(H,37,38)/b14-13-. The third-order valence-electron chi connectivity index (χ3n) is 6.76. The van der Waals surface area contributed by atoms with E-state index >= 15 is 0 Å². The lowest BCUT2D eigenvalue weighted by molar-refractivity contribution is -0.161. The molecule has 11 nitrogen and oxygen atoms in total. The lowest BCUT2D eigenvalue weighted by Gasteiger charge is -2.20. The van der Waals surface area contributed by atoms with Crippen molar-refractivity contribution in [2.45, 2.75) is 148 Å². The molecule has 0 aromatic heterocycles. The molecule has 0 aliphatic carbocycles. The van der Waals surface area contributed by atoms with Gasteiger partial charge in [0.1, 0.15) is 12.6 Å². The van der Waals surface area contributed by atoms with Crippen LogP contribution in [0, 0.1) is 0 Å². The number of nitrogens with two attached hydrogens (primary N) is 1. The van der Waals surface area contributed by atoms with Gasteiger partial charge in [0.15, 0.2) is 6.10 Å². The van der Waals surface area contributed by atoms with E-state index < -0.39 is 51.1 Å². The Balaban J connectivity index is 4.38. The first kappa shape index (κ1) is 41.2. The van der Waals surface area contributed by atoms with Crippen LogP contribution >= 0.6 is 7.82 Å². The summed E-state index contributed by atoms with van der Waals surface area (Å²) in [5.41, 5.74) is 5.27.